The number of hydrogen-bond donors (Lipinski definition) is 0. The van der Waals surface area contributed by atoms with Crippen molar-refractivity contribution in [1.82, 2.24) is 9.55 Å². The van der Waals surface area contributed by atoms with E-state index in [1.165, 1.54) is 0 Å². The zero-order valence-corrected chi connectivity index (χ0v) is 20.1. The Labute approximate surface area is 209 Å². The molecule has 1 aromatic heterocycles. The maximum absolute atomic E-state index is 12.7. The zero-order chi connectivity index (χ0) is 24.9. The van der Waals surface area contributed by atoms with Crippen LogP contribution in [-0.4, -0.2) is 42.2 Å². The summed E-state index contributed by atoms with van der Waals surface area (Å²) < 4.78 is 25.1. The first-order valence-electron chi connectivity index (χ1n) is 11.8. The van der Waals surface area contributed by atoms with Crippen LogP contribution in [0.15, 0.2) is 82.2 Å². The Morgan fingerprint density at radius 1 is 1.22 bits per heavy atom. The fourth-order valence-electron chi connectivity index (χ4n) is 4.18. The van der Waals surface area contributed by atoms with Gasteiger partial charge in [-0.3, -0.25) is 9.56 Å². The van der Waals surface area contributed by atoms with Gasteiger partial charge in [-0.25, -0.2) is 4.79 Å². The van der Waals surface area contributed by atoms with E-state index in [4.69, 9.17) is 18.9 Å². The average Bonchev–Trinajstić information content (AvgIpc) is 2.91. The van der Waals surface area contributed by atoms with E-state index in [0.717, 1.165) is 28.3 Å². The van der Waals surface area contributed by atoms with Gasteiger partial charge in [0.25, 0.3) is 0 Å². The Kier molecular flexibility index (Phi) is 6.84. The average molecular weight is 486 g/mol. The van der Waals surface area contributed by atoms with Gasteiger partial charge in [-0.2, -0.15) is 4.98 Å². The third kappa shape index (κ3) is 5.02. The van der Waals surface area contributed by atoms with Gasteiger partial charge >= 0.3 is 5.69 Å². The number of ether oxygens (including phenoxy) is 4. The Morgan fingerprint density at radius 2 is 2.08 bits per heavy atom. The van der Waals surface area contributed by atoms with Gasteiger partial charge in [-0.15, -0.1) is 0 Å². The molecule has 36 heavy (non-hydrogen) atoms. The van der Waals surface area contributed by atoms with Crippen molar-refractivity contribution >= 4 is 6.72 Å². The van der Waals surface area contributed by atoms with Crippen LogP contribution >= 0.6 is 0 Å². The van der Waals surface area contributed by atoms with Gasteiger partial charge in [0.2, 0.25) is 5.88 Å². The van der Waals surface area contributed by atoms with Crippen molar-refractivity contribution in [2.24, 2.45) is 4.99 Å². The summed E-state index contributed by atoms with van der Waals surface area (Å²) in [6.07, 6.45) is 6.09. The molecular weight excluding hydrogens is 458 g/mol. The second-order valence-corrected chi connectivity index (χ2v) is 8.42. The molecule has 0 N–H and O–H groups in total. The smallest absolute Gasteiger partial charge is 0.351 e. The van der Waals surface area contributed by atoms with E-state index >= 15 is 0 Å². The monoisotopic (exact) mass is 485 g/mol. The van der Waals surface area contributed by atoms with Gasteiger partial charge in [0.05, 0.1) is 11.4 Å². The predicted octanol–water partition coefficient (Wildman–Crippen LogP) is 4.22. The molecule has 2 aliphatic heterocycles. The number of fused-ring (bicyclic) bond motifs is 4. The third-order valence-corrected chi connectivity index (χ3v) is 6.00. The first-order chi connectivity index (χ1) is 17.6. The molecule has 1 unspecified atom stereocenters. The quantitative estimate of drug-likeness (QED) is 0.351. The second-order valence-electron chi connectivity index (χ2n) is 8.42. The highest BCUT2D eigenvalue weighted by molar-refractivity contribution is 5.67. The summed E-state index contributed by atoms with van der Waals surface area (Å²) in [5.41, 5.74) is 3.22. The standard InChI is InChI=1S/C28H27N3O5/c1-3-4-7-20(29-2)16-33-21-10-11-23-19(14-21)12-13-31-24(23)15-27(30-28(31)32)35-18-22-17-34-25-8-5-6-9-26(25)36-22/h3-11,14-15,22H,2,12-13,16-18H2,1H3/b4-3-,20-7-. The van der Waals surface area contributed by atoms with E-state index in [0.29, 0.717) is 37.7 Å². The summed E-state index contributed by atoms with van der Waals surface area (Å²) in [5.74, 6) is 2.39. The molecular formula is C28H27N3O5. The van der Waals surface area contributed by atoms with Crippen LogP contribution in [0.4, 0.5) is 0 Å². The van der Waals surface area contributed by atoms with E-state index in [1.54, 1.807) is 10.6 Å². The molecule has 0 aliphatic carbocycles. The third-order valence-electron chi connectivity index (χ3n) is 6.00. The highest BCUT2D eigenvalue weighted by Crippen LogP contribution is 2.33. The van der Waals surface area contributed by atoms with Crippen LogP contribution in [0.5, 0.6) is 23.1 Å². The molecule has 8 nitrogen and oxygen atoms in total. The van der Waals surface area contributed by atoms with Crippen molar-refractivity contribution in [2.45, 2.75) is 26.0 Å². The molecule has 0 saturated heterocycles. The molecule has 2 aliphatic rings. The molecule has 5 rings (SSSR count). The van der Waals surface area contributed by atoms with Gasteiger partial charge < -0.3 is 18.9 Å². The van der Waals surface area contributed by atoms with Crippen molar-refractivity contribution in [2.75, 3.05) is 19.8 Å². The number of hydrogen-bond acceptors (Lipinski definition) is 7. The van der Waals surface area contributed by atoms with Crippen LogP contribution < -0.4 is 24.6 Å². The summed E-state index contributed by atoms with van der Waals surface area (Å²) in [7, 11) is 0. The molecule has 0 radical (unpaired) electrons. The number of allylic oxidation sites excluding steroid dienone is 3. The number of para-hydroxylation sites is 2. The number of aliphatic imine (C=N–C) groups is 1. The van der Waals surface area contributed by atoms with Crippen LogP contribution in [0, 0.1) is 0 Å². The van der Waals surface area contributed by atoms with Crippen molar-refractivity contribution in [3.63, 3.8) is 0 Å². The van der Waals surface area contributed by atoms with E-state index in [2.05, 4.69) is 16.7 Å². The second kappa shape index (κ2) is 10.5. The fourth-order valence-corrected chi connectivity index (χ4v) is 4.18. The highest BCUT2D eigenvalue weighted by Gasteiger charge is 2.23. The highest BCUT2D eigenvalue weighted by atomic mass is 16.6. The molecule has 0 saturated carbocycles. The molecule has 2 aromatic carbocycles. The first kappa shape index (κ1) is 23.4. The lowest BCUT2D eigenvalue weighted by molar-refractivity contribution is 0.0520. The van der Waals surface area contributed by atoms with E-state index in [1.807, 2.05) is 67.6 Å². The Bertz CT molecular complexity index is 1390. The topological polar surface area (TPSA) is 84.2 Å². The summed E-state index contributed by atoms with van der Waals surface area (Å²) in [4.78, 5) is 20.9. The summed E-state index contributed by atoms with van der Waals surface area (Å²) >= 11 is 0. The van der Waals surface area contributed by atoms with E-state index in [-0.39, 0.29) is 24.3 Å². The van der Waals surface area contributed by atoms with E-state index < -0.39 is 0 Å². The van der Waals surface area contributed by atoms with Crippen molar-refractivity contribution < 1.29 is 18.9 Å². The molecule has 0 amide bonds. The first-order valence-corrected chi connectivity index (χ1v) is 11.8. The molecule has 1 atom stereocenters. The molecule has 0 spiro atoms. The maximum Gasteiger partial charge on any atom is 0.351 e. The lowest BCUT2D eigenvalue weighted by Gasteiger charge is -2.26. The van der Waals surface area contributed by atoms with E-state index in [9.17, 15) is 4.79 Å². The minimum atomic E-state index is -0.338. The van der Waals surface area contributed by atoms with Crippen molar-refractivity contribution in [3.05, 3.63) is 88.5 Å². The van der Waals surface area contributed by atoms with Crippen LogP contribution in [0.25, 0.3) is 11.3 Å². The SMILES string of the molecule is C=N/C(=C\C=C/C)COc1ccc2c(c1)CCn1c-2cc(OCC2COc3ccccc3O2)nc1=O. The van der Waals surface area contributed by atoms with Gasteiger partial charge in [0.1, 0.15) is 25.6 Å². The number of rotatable bonds is 8. The molecule has 3 heterocycles. The number of aromatic nitrogens is 2. The fraction of sp³-hybridized carbons (Fsp3) is 0.250. The maximum atomic E-state index is 12.7. The Hall–Kier alpha value is -4.33. The van der Waals surface area contributed by atoms with Crippen molar-refractivity contribution in [1.29, 1.82) is 0 Å². The summed E-state index contributed by atoms with van der Waals surface area (Å²) in [6, 6.07) is 15.2. The minimum Gasteiger partial charge on any atom is -0.487 e. The Balaban J connectivity index is 1.30. The van der Waals surface area contributed by atoms with Crippen LogP contribution in [0.2, 0.25) is 0 Å². The number of nitrogens with zero attached hydrogens (tertiary/aromatic N) is 3. The van der Waals surface area contributed by atoms with Crippen LogP contribution in [0.1, 0.15) is 12.5 Å². The molecule has 0 bridgehead atoms. The molecule has 184 valence electrons. The lowest BCUT2D eigenvalue weighted by atomic mass is 9.97. The normalized spacial score (nSPS) is 16.2. The van der Waals surface area contributed by atoms with Gasteiger partial charge in [0, 0.05) is 18.2 Å². The largest absolute Gasteiger partial charge is 0.487 e. The predicted molar refractivity (Wildman–Crippen MR) is 137 cm³/mol. The minimum absolute atomic E-state index is 0.213. The number of aryl methyl sites for hydroxylation is 1. The Morgan fingerprint density at radius 3 is 2.92 bits per heavy atom. The zero-order valence-electron chi connectivity index (χ0n) is 20.1. The summed E-state index contributed by atoms with van der Waals surface area (Å²) in [5, 5.41) is 0. The number of benzene rings is 2. The van der Waals surface area contributed by atoms with Gasteiger partial charge in [-0.05, 0) is 62.0 Å². The molecule has 8 heteroatoms. The van der Waals surface area contributed by atoms with Crippen LogP contribution in [-0.2, 0) is 13.0 Å². The van der Waals surface area contributed by atoms with Gasteiger partial charge in [-0.1, -0.05) is 24.3 Å². The van der Waals surface area contributed by atoms with Gasteiger partial charge in [0.15, 0.2) is 17.6 Å². The lowest BCUT2D eigenvalue weighted by Crippen LogP contribution is -2.35. The summed E-state index contributed by atoms with van der Waals surface area (Å²) in [6.45, 7) is 6.97. The van der Waals surface area contributed by atoms with Crippen LogP contribution in [0.3, 0.4) is 0 Å². The molecule has 3 aromatic rings. The van der Waals surface area contributed by atoms with Crippen molar-refractivity contribution in [3.8, 4) is 34.4 Å². The molecule has 0 fully saturated rings.